The van der Waals surface area contributed by atoms with Crippen LogP contribution in [0.25, 0.3) is 17.0 Å². The molecule has 3 heteroatoms. The van der Waals surface area contributed by atoms with Crippen molar-refractivity contribution >= 4 is 22.9 Å². The molecule has 0 fully saturated rings. The van der Waals surface area contributed by atoms with E-state index in [1.54, 1.807) is 13.8 Å². The number of carboxylic acid groups (broad SMARTS) is 1. The minimum absolute atomic E-state index is 0.640. The van der Waals surface area contributed by atoms with Gasteiger partial charge in [0.05, 0.1) is 5.41 Å². The lowest BCUT2D eigenvalue weighted by Crippen LogP contribution is -2.22. The van der Waals surface area contributed by atoms with Crippen molar-refractivity contribution in [1.82, 2.24) is 4.98 Å². The molecule has 1 aromatic carbocycles. The highest BCUT2D eigenvalue weighted by atomic mass is 16.4. The van der Waals surface area contributed by atoms with Gasteiger partial charge in [0.2, 0.25) is 0 Å². The monoisotopic (exact) mass is 257 g/mol. The quantitative estimate of drug-likeness (QED) is 0.848. The topological polar surface area (TPSA) is 53.1 Å². The molecule has 0 aliphatic carbocycles. The Balaban J connectivity index is 2.02. The zero-order valence-electron chi connectivity index (χ0n) is 11.3. The van der Waals surface area contributed by atoms with Gasteiger partial charge in [0.15, 0.2) is 0 Å². The first kappa shape index (κ1) is 13.4. The van der Waals surface area contributed by atoms with Crippen molar-refractivity contribution in [2.75, 3.05) is 0 Å². The molecule has 2 rings (SSSR count). The van der Waals surface area contributed by atoms with Gasteiger partial charge in [-0.3, -0.25) is 4.79 Å². The predicted octanol–water partition coefficient (Wildman–Crippen LogP) is 4.07. The molecule has 0 amide bonds. The highest BCUT2D eigenvalue weighted by Crippen LogP contribution is 2.24. The summed E-state index contributed by atoms with van der Waals surface area (Å²) in [5, 5.41) is 10.2. The number of hydrogen-bond acceptors (Lipinski definition) is 1. The summed E-state index contributed by atoms with van der Waals surface area (Å²) in [4.78, 5) is 14.2. The zero-order valence-corrected chi connectivity index (χ0v) is 11.3. The molecule has 1 heterocycles. The van der Waals surface area contributed by atoms with Gasteiger partial charge in [-0.05, 0) is 38.3 Å². The molecule has 2 N–H and O–H groups in total. The van der Waals surface area contributed by atoms with Gasteiger partial charge in [-0.25, -0.2) is 0 Å². The maximum Gasteiger partial charge on any atom is 0.309 e. The zero-order chi connectivity index (χ0) is 13.9. The van der Waals surface area contributed by atoms with Gasteiger partial charge >= 0.3 is 5.97 Å². The van der Waals surface area contributed by atoms with Gasteiger partial charge in [-0.15, -0.1) is 0 Å². The van der Waals surface area contributed by atoms with Crippen LogP contribution < -0.4 is 0 Å². The highest BCUT2D eigenvalue weighted by molar-refractivity contribution is 5.88. The SMILES string of the molecule is CC(C)(CC/C=C/c1c[nH]c2ccccc12)C(=O)O. The van der Waals surface area contributed by atoms with E-state index in [2.05, 4.69) is 17.1 Å². The predicted molar refractivity (Wildman–Crippen MR) is 78.0 cm³/mol. The van der Waals surface area contributed by atoms with E-state index in [1.807, 2.05) is 30.5 Å². The highest BCUT2D eigenvalue weighted by Gasteiger charge is 2.25. The van der Waals surface area contributed by atoms with Crippen molar-refractivity contribution < 1.29 is 9.90 Å². The van der Waals surface area contributed by atoms with Crippen LogP contribution >= 0.6 is 0 Å². The number of allylic oxidation sites excluding steroid dienone is 1. The van der Waals surface area contributed by atoms with Crippen molar-refractivity contribution in [3.05, 3.63) is 42.1 Å². The van der Waals surface area contributed by atoms with E-state index in [0.717, 1.165) is 17.5 Å². The second-order valence-electron chi connectivity index (χ2n) is 5.42. The standard InChI is InChI=1S/C16H19NO2/c1-16(2,15(18)19)10-6-5-7-12-11-17-14-9-4-3-8-13(12)14/h3-5,7-9,11,17H,6,10H2,1-2H3,(H,18,19)/b7-5+. The van der Waals surface area contributed by atoms with Crippen LogP contribution in [0.3, 0.4) is 0 Å². The minimum Gasteiger partial charge on any atom is -0.481 e. The van der Waals surface area contributed by atoms with E-state index in [1.165, 1.54) is 5.39 Å². The summed E-state index contributed by atoms with van der Waals surface area (Å²) >= 11 is 0. The Bertz CT molecular complexity index is 608. The summed E-state index contributed by atoms with van der Waals surface area (Å²) in [6.07, 6.45) is 7.47. The fraction of sp³-hybridized carbons (Fsp3) is 0.312. The number of fused-ring (bicyclic) bond motifs is 1. The first-order chi connectivity index (χ1) is 9.00. The van der Waals surface area contributed by atoms with Crippen LogP contribution in [0, 0.1) is 5.41 Å². The average Bonchev–Trinajstić information content (AvgIpc) is 2.78. The van der Waals surface area contributed by atoms with Gasteiger partial charge in [-0.2, -0.15) is 0 Å². The van der Waals surface area contributed by atoms with E-state index in [4.69, 9.17) is 5.11 Å². The largest absolute Gasteiger partial charge is 0.481 e. The van der Waals surface area contributed by atoms with Crippen molar-refractivity contribution in [2.24, 2.45) is 5.41 Å². The lowest BCUT2D eigenvalue weighted by Gasteiger charge is -2.17. The molecule has 0 unspecified atom stereocenters. The molecule has 100 valence electrons. The Morgan fingerprint density at radius 1 is 1.37 bits per heavy atom. The molecule has 0 spiro atoms. The minimum atomic E-state index is -0.743. The summed E-state index contributed by atoms with van der Waals surface area (Å²) in [5.74, 6) is -0.743. The third-order valence-electron chi connectivity index (χ3n) is 3.43. The maximum atomic E-state index is 11.0. The Hall–Kier alpha value is -2.03. The summed E-state index contributed by atoms with van der Waals surface area (Å²) in [5.41, 5.74) is 1.60. The molecule has 19 heavy (non-hydrogen) atoms. The van der Waals surface area contributed by atoms with Crippen LogP contribution in [-0.2, 0) is 4.79 Å². The number of rotatable bonds is 5. The van der Waals surface area contributed by atoms with E-state index in [0.29, 0.717) is 6.42 Å². The van der Waals surface area contributed by atoms with Crippen molar-refractivity contribution in [2.45, 2.75) is 26.7 Å². The number of aliphatic carboxylic acids is 1. The Kier molecular flexibility index (Phi) is 3.74. The summed E-state index contributed by atoms with van der Waals surface area (Å²) in [7, 11) is 0. The number of aromatic amines is 1. The van der Waals surface area contributed by atoms with E-state index >= 15 is 0 Å². The fourth-order valence-corrected chi connectivity index (χ4v) is 1.99. The number of H-pyrrole nitrogens is 1. The number of carboxylic acids is 1. The lowest BCUT2D eigenvalue weighted by atomic mass is 9.88. The average molecular weight is 257 g/mol. The molecule has 0 aliphatic rings. The number of para-hydroxylation sites is 1. The van der Waals surface area contributed by atoms with Crippen LogP contribution in [0.5, 0.6) is 0 Å². The third-order valence-corrected chi connectivity index (χ3v) is 3.43. The lowest BCUT2D eigenvalue weighted by molar-refractivity contribution is -0.147. The van der Waals surface area contributed by atoms with Crippen LogP contribution in [0.1, 0.15) is 32.3 Å². The molecule has 3 nitrogen and oxygen atoms in total. The van der Waals surface area contributed by atoms with Crippen LogP contribution in [-0.4, -0.2) is 16.1 Å². The fourth-order valence-electron chi connectivity index (χ4n) is 1.99. The molecule has 0 bridgehead atoms. The molecule has 0 radical (unpaired) electrons. The second-order valence-corrected chi connectivity index (χ2v) is 5.42. The smallest absolute Gasteiger partial charge is 0.309 e. The molecule has 0 saturated carbocycles. The normalized spacial score (nSPS) is 12.3. The summed E-state index contributed by atoms with van der Waals surface area (Å²) in [6, 6.07) is 8.13. The first-order valence-corrected chi connectivity index (χ1v) is 6.47. The molecular weight excluding hydrogens is 238 g/mol. The Morgan fingerprint density at radius 2 is 2.11 bits per heavy atom. The van der Waals surface area contributed by atoms with E-state index in [-0.39, 0.29) is 0 Å². The molecular formula is C16H19NO2. The third kappa shape index (κ3) is 3.05. The van der Waals surface area contributed by atoms with Crippen molar-refractivity contribution in [3.8, 4) is 0 Å². The molecule has 0 aliphatic heterocycles. The number of nitrogens with one attached hydrogen (secondary N) is 1. The number of benzene rings is 1. The van der Waals surface area contributed by atoms with Crippen molar-refractivity contribution in [3.63, 3.8) is 0 Å². The molecule has 1 aromatic heterocycles. The van der Waals surface area contributed by atoms with Gasteiger partial charge in [-0.1, -0.05) is 30.4 Å². The number of aromatic nitrogens is 1. The number of carbonyl (C=O) groups is 1. The van der Waals surface area contributed by atoms with E-state index in [9.17, 15) is 4.79 Å². The number of hydrogen-bond donors (Lipinski definition) is 2. The van der Waals surface area contributed by atoms with E-state index < -0.39 is 11.4 Å². The Labute approximate surface area is 113 Å². The van der Waals surface area contributed by atoms with Crippen LogP contribution in [0.2, 0.25) is 0 Å². The summed E-state index contributed by atoms with van der Waals surface area (Å²) < 4.78 is 0. The van der Waals surface area contributed by atoms with Gasteiger partial charge in [0, 0.05) is 17.1 Å². The van der Waals surface area contributed by atoms with Crippen LogP contribution in [0.15, 0.2) is 36.5 Å². The van der Waals surface area contributed by atoms with Gasteiger partial charge < -0.3 is 10.1 Å². The van der Waals surface area contributed by atoms with Crippen LogP contribution in [0.4, 0.5) is 0 Å². The first-order valence-electron chi connectivity index (χ1n) is 6.47. The molecule has 0 atom stereocenters. The van der Waals surface area contributed by atoms with Crippen molar-refractivity contribution in [1.29, 1.82) is 0 Å². The molecule has 2 aromatic rings. The van der Waals surface area contributed by atoms with Gasteiger partial charge in [0.25, 0.3) is 0 Å². The Morgan fingerprint density at radius 3 is 2.84 bits per heavy atom. The summed E-state index contributed by atoms with van der Waals surface area (Å²) in [6.45, 7) is 3.52. The maximum absolute atomic E-state index is 11.0. The molecule has 0 saturated heterocycles. The second kappa shape index (κ2) is 5.31. The van der Waals surface area contributed by atoms with Gasteiger partial charge in [0.1, 0.15) is 0 Å².